The predicted octanol–water partition coefficient (Wildman–Crippen LogP) is 3.42. The summed E-state index contributed by atoms with van der Waals surface area (Å²) in [5.41, 5.74) is 3.00. The summed E-state index contributed by atoms with van der Waals surface area (Å²) in [6.07, 6.45) is 2.96. The Morgan fingerprint density at radius 3 is 2.58 bits per heavy atom. The van der Waals surface area contributed by atoms with Crippen LogP contribution in [0.4, 0.5) is 11.4 Å². The molecule has 1 fully saturated rings. The Labute approximate surface area is 152 Å². The van der Waals surface area contributed by atoms with Gasteiger partial charge >= 0.3 is 0 Å². The Morgan fingerprint density at radius 2 is 1.85 bits per heavy atom. The summed E-state index contributed by atoms with van der Waals surface area (Å²) in [6, 6.07) is 13.9. The van der Waals surface area contributed by atoms with Crippen LogP contribution in [0.2, 0.25) is 0 Å². The highest BCUT2D eigenvalue weighted by molar-refractivity contribution is 5.86. The van der Waals surface area contributed by atoms with Gasteiger partial charge in [-0.1, -0.05) is 0 Å². The molecule has 2 aromatic carbocycles. The summed E-state index contributed by atoms with van der Waals surface area (Å²) in [4.78, 5) is 11.0. The van der Waals surface area contributed by atoms with E-state index in [4.69, 9.17) is 4.74 Å². The molecule has 0 saturated carbocycles. The van der Waals surface area contributed by atoms with Gasteiger partial charge in [0.15, 0.2) is 0 Å². The minimum absolute atomic E-state index is 0.177. The van der Waals surface area contributed by atoms with Crippen molar-refractivity contribution in [3.8, 4) is 11.6 Å². The maximum Gasteiger partial charge on any atom is 0.230 e. The summed E-state index contributed by atoms with van der Waals surface area (Å²) >= 11 is 0. The quantitative estimate of drug-likeness (QED) is 0.751. The van der Waals surface area contributed by atoms with Crippen molar-refractivity contribution in [1.82, 2.24) is 9.97 Å². The van der Waals surface area contributed by atoms with Gasteiger partial charge < -0.3 is 20.1 Å². The highest BCUT2D eigenvalue weighted by Gasteiger charge is 2.18. The van der Waals surface area contributed by atoms with E-state index in [0.29, 0.717) is 5.88 Å². The van der Waals surface area contributed by atoms with E-state index in [-0.39, 0.29) is 6.10 Å². The molecule has 3 aromatic rings. The summed E-state index contributed by atoms with van der Waals surface area (Å²) in [6.45, 7) is 1.72. The average molecular weight is 350 g/mol. The highest BCUT2D eigenvalue weighted by Crippen LogP contribution is 2.30. The standard InChI is InChI=1S/C20H22N4O2/c1-21-14-2-5-17(6-3-14)26-20-18-7-4-15(12-19(18)22-13-23-20)24-10-8-16(25)9-11-24/h2-7,12-13,16,21,25H,8-11H2,1H3. The van der Waals surface area contributed by atoms with E-state index in [9.17, 15) is 5.11 Å². The lowest BCUT2D eigenvalue weighted by Crippen LogP contribution is -2.35. The summed E-state index contributed by atoms with van der Waals surface area (Å²) in [5, 5.41) is 13.7. The SMILES string of the molecule is CNc1ccc(Oc2ncnc3cc(N4CCC(O)CC4)ccc23)cc1. The lowest BCUT2D eigenvalue weighted by Gasteiger charge is -2.31. The number of rotatable bonds is 4. The Balaban J connectivity index is 1.60. The fraction of sp³-hybridized carbons (Fsp3) is 0.300. The van der Waals surface area contributed by atoms with E-state index in [2.05, 4.69) is 32.3 Å². The Kier molecular flexibility index (Phi) is 4.58. The number of piperidine rings is 1. The first-order valence-electron chi connectivity index (χ1n) is 8.86. The molecule has 0 aliphatic carbocycles. The summed E-state index contributed by atoms with van der Waals surface area (Å²) in [5.74, 6) is 1.28. The third-order valence-electron chi connectivity index (χ3n) is 4.77. The molecule has 4 rings (SSSR count). The van der Waals surface area contributed by atoms with Crippen LogP contribution < -0.4 is 15.0 Å². The minimum Gasteiger partial charge on any atom is -0.438 e. The van der Waals surface area contributed by atoms with Crippen LogP contribution in [0, 0.1) is 0 Å². The molecule has 0 spiro atoms. The molecule has 0 radical (unpaired) electrons. The number of aliphatic hydroxyl groups is 1. The van der Waals surface area contributed by atoms with E-state index < -0.39 is 0 Å². The van der Waals surface area contributed by atoms with Gasteiger partial charge in [-0.05, 0) is 55.3 Å². The van der Waals surface area contributed by atoms with Crippen molar-refractivity contribution >= 4 is 22.3 Å². The van der Waals surface area contributed by atoms with Crippen molar-refractivity contribution in [3.63, 3.8) is 0 Å². The number of ether oxygens (including phenoxy) is 1. The smallest absolute Gasteiger partial charge is 0.230 e. The van der Waals surface area contributed by atoms with Crippen molar-refractivity contribution in [2.24, 2.45) is 0 Å². The number of aromatic nitrogens is 2. The largest absolute Gasteiger partial charge is 0.438 e. The number of anilines is 2. The molecule has 2 heterocycles. The second-order valence-electron chi connectivity index (χ2n) is 6.47. The third-order valence-corrected chi connectivity index (χ3v) is 4.77. The van der Waals surface area contributed by atoms with Gasteiger partial charge in [0.05, 0.1) is 17.0 Å². The van der Waals surface area contributed by atoms with Gasteiger partial charge in [-0.15, -0.1) is 0 Å². The third kappa shape index (κ3) is 3.41. The molecule has 0 amide bonds. The Hall–Kier alpha value is -2.86. The monoisotopic (exact) mass is 350 g/mol. The number of hydrogen-bond donors (Lipinski definition) is 2. The normalized spacial score (nSPS) is 15.2. The van der Waals surface area contributed by atoms with Crippen LogP contribution in [0.15, 0.2) is 48.8 Å². The fourth-order valence-corrected chi connectivity index (χ4v) is 3.22. The first-order chi connectivity index (χ1) is 12.7. The van der Waals surface area contributed by atoms with Gasteiger partial charge in [0.2, 0.25) is 5.88 Å². The van der Waals surface area contributed by atoms with Gasteiger partial charge in [0.1, 0.15) is 12.1 Å². The van der Waals surface area contributed by atoms with Crippen molar-refractivity contribution in [3.05, 3.63) is 48.8 Å². The maximum absolute atomic E-state index is 9.69. The van der Waals surface area contributed by atoms with Crippen LogP contribution in [0.25, 0.3) is 10.9 Å². The van der Waals surface area contributed by atoms with E-state index in [0.717, 1.165) is 54.0 Å². The molecule has 1 aliphatic heterocycles. The summed E-state index contributed by atoms with van der Waals surface area (Å²) < 4.78 is 5.96. The van der Waals surface area contributed by atoms with E-state index in [1.165, 1.54) is 6.33 Å². The van der Waals surface area contributed by atoms with E-state index in [1.807, 2.05) is 37.4 Å². The van der Waals surface area contributed by atoms with Crippen LogP contribution in [-0.2, 0) is 0 Å². The van der Waals surface area contributed by atoms with Crippen LogP contribution >= 0.6 is 0 Å². The molecule has 6 heteroatoms. The molecule has 2 N–H and O–H groups in total. The molecule has 0 atom stereocenters. The topological polar surface area (TPSA) is 70.5 Å². The summed E-state index contributed by atoms with van der Waals surface area (Å²) in [7, 11) is 1.88. The molecule has 6 nitrogen and oxygen atoms in total. The number of fused-ring (bicyclic) bond motifs is 1. The lowest BCUT2D eigenvalue weighted by molar-refractivity contribution is 0.145. The zero-order valence-electron chi connectivity index (χ0n) is 14.7. The fourth-order valence-electron chi connectivity index (χ4n) is 3.22. The van der Waals surface area contributed by atoms with Gasteiger partial charge in [-0.3, -0.25) is 0 Å². The van der Waals surface area contributed by atoms with Crippen LogP contribution in [0.3, 0.4) is 0 Å². The zero-order chi connectivity index (χ0) is 17.9. The van der Waals surface area contributed by atoms with Gasteiger partial charge in [-0.2, -0.15) is 0 Å². The molecule has 0 unspecified atom stereocenters. The second kappa shape index (κ2) is 7.17. The maximum atomic E-state index is 9.69. The molecular formula is C20H22N4O2. The van der Waals surface area contributed by atoms with Gasteiger partial charge in [0, 0.05) is 31.5 Å². The van der Waals surface area contributed by atoms with E-state index >= 15 is 0 Å². The molecule has 0 bridgehead atoms. The van der Waals surface area contributed by atoms with Crippen LogP contribution in [-0.4, -0.2) is 41.3 Å². The van der Waals surface area contributed by atoms with Crippen LogP contribution in [0.5, 0.6) is 11.6 Å². The number of nitrogens with one attached hydrogen (secondary N) is 1. The van der Waals surface area contributed by atoms with Gasteiger partial charge in [-0.25, -0.2) is 9.97 Å². The van der Waals surface area contributed by atoms with E-state index in [1.54, 1.807) is 0 Å². The Bertz CT molecular complexity index is 890. The average Bonchev–Trinajstić information content (AvgIpc) is 2.69. The predicted molar refractivity (Wildman–Crippen MR) is 103 cm³/mol. The molecule has 1 saturated heterocycles. The number of aliphatic hydroxyl groups excluding tert-OH is 1. The first-order valence-corrected chi connectivity index (χ1v) is 8.86. The molecule has 26 heavy (non-hydrogen) atoms. The number of nitrogens with zero attached hydrogens (tertiary/aromatic N) is 3. The second-order valence-corrected chi connectivity index (χ2v) is 6.47. The molecule has 1 aliphatic rings. The lowest BCUT2D eigenvalue weighted by atomic mass is 10.1. The van der Waals surface area contributed by atoms with Crippen molar-refractivity contribution < 1.29 is 9.84 Å². The molecular weight excluding hydrogens is 328 g/mol. The molecule has 134 valence electrons. The molecule has 1 aromatic heterocycles. The van der Waals surface area contributed by atoms with Gasteiger partial charge in [0.25, 0.3) is 0 Å². The first kappa shape index (κ1) is 16.6. The Morgan fingerprint density at radius 1 is 1.08 bits per heavy atom. The zero-order valence-corrected chi connectivity index (χ0v) is 14.7. The highest BCUT2D eigenvalue weighted by atomic mass is 16.5. The van der Waals surface area contributed by atoms with Crippen molar-refractivity contribution in [1.29, 1.82) is 0 Å². The van der Waals surface area contributed by atoms with Crippen molar-refractivity contribution in [2.45, 2.75) is 18.9 Å². The van der Waals surface area contributed by atoms with Crippen LogP contribution in [0.1, 0.15) is 12.8 Å². The minimum atomic E-state index is -0.177. The van der Waals surface area contributed by atoms with Crippen molar-refractivity contribution in [2.75, 3.05) is 30.4 Å². The number of hydrogen-bond acceptors (Lipinski definition) is 6. The number of benzene rings is 2.